The monoisotopic (exact) mass is 378 g/mol. The van der Waals surface area contributed by atoms with Gasteiger partial charge in [-0.3, -0.25) is 0 Å². The average molecular weight is 381 g/mol. The van der Waals surface area contributed by atoms with Gasteiger partial charge in [0, 0.05) is 0 Å². The maximum absolute atomic E-state index is 11.3. The van der Waals surface area contributed by atoms with E-state index in [0.29, 0.717) is 0 Å². The first-order chi connectivity index (χ1) is 8.89. The minimum atomic E-state index is -1.20. The van der Waals surface area contributed by atoms with Crippen LogP contribution in [0.4, 0.5) is 0 Å². The number of phenols is 1. The molecule has 0 unspecified atom stereocenters. The molecule has 0 aliphatic rings. The van der Waals surface area contributed by atoms with Crippen LogP contribution in [0.1, 0.15) is 51.9 Å². The van der Waals surface area contributed by atoms with E-state index in [1.165, 1.54) is 4.16 Å². The van der Waals surface area contributed by atoms with Gasteiger partial charge in [0.25, 0.3) is 0 Å². The van der Waals surface area contributed by atoms with E-state index in [1.54, 1.807) is 6.07 Å². The molecule has 1 rings (SSSR count). The summed E-state index contributed by atoms with van der Waals surface area (Å²) in [5, 5.41) is 19.5. The molecule has 0 spiro atoms. The van der Waals surface area contributed by atoms with Crippen LogP contribution in [0.25, 0.3) is 0 Å². The van der Waals surface area contributed by atoms with Crippen LogP contribution < -0.4 is 8.32 Å². The van der Waals surface area contributed by atoms with Gasteiger partial charge in [-0.1, -0.05) is 0 Å². The zero-order valence-electron chi connectivity index (χ0n) is 13.4. The van der Waals surface area contributed by atoms with Crippen LogP contribution in [0.5, 0.6) is 5.75 Å². The fourth-order valence-corrected chi connectivity index (χ4v) is 11.5. The van der Waals surface area contributed by atoms with E-state index in [2.05, 4.69) is 47.6 Å². The zero-order valence-corrected chi connectivity index (χ0v) is 19.3. The van der Waals surface area contributed by atoms with Crippen LogP contribution >= 0.6 is 0 Å². The fraction of sp³-hybridized carbons (Fsp3) is 0.533. The Balaban J connectivity index is 3.32. The van der Waals surface area contributed by atoms with Crippen LogP contribution in [0.2, 0.25) is 8.02 Å². The first kappa shape index (κ1) is 17.8. The third kappa shape index (κ3) is 5.62. The van der Waals surface area contributed by atoms with Crippen molar-refractivity contribution in [2.75, 3.05) is 0 Å². The Bertz CT molecular complexity index is 511. The van der Waals surface area contributed by atoms with Gasteiger partial charge < -0.3 is 0 Å². The molecule has 0 aliphatic heterocycles. The van der Waals surface area contributed by atoms with Crippen LogP contribution in [-0.2, 0) is 34.3 Å². The standard InChI is InChI=1S/C7H4O3.2C4H9.2Zn/c8-6-4-2-1-3-5(6)7(9)10;2*1-4(2)3;;/h2-3,8H,(H,9,10);2*1-3H3;;. The van der Waals surface area contributed by atoms with Crippen LogP contribution in [0.15, 0.2) is 12.1 Å². The number of hydrogen-bond acceptors (Lipinski definition) is 2. The number of carboxylic acids is 1. The molecule has 0 atom stereocenters. The summed E-state index contributed by atoms with van der Waals surface area (Å²) in [5.41, 5.74) is 0.0993. The number of carbonyl (C=O) groups is 1. The van der Waals surface area contributed by atoms with E-state index in [0.717, 1.165) is 4.16 Å². The minimum absolute atomic E-state index is 0.0208. The van der Waals surface area contributed by atoms with Crippen molar-refractivity contribution in [1.29, 1.82) is 0 Å². The first-order valence-electron chi connectivity index (χ1n) is 6.97. The molecule has 0 saturated heterocycles. The second-order valence-corrected chi connectivity index (χ2v) is 21.6. The molecular weight excluding hydrogens is 359 g/mol. The Labute approximate surface area is 136 Å². The van der Waals surface area contributed by atoms with Gasteiger partial charge >= 0.3 is 137 Å². The molecule has 104 valence electrons. The van der Waals surface area contributed by atoms with Crippen molar-refractivity contribution in [1.82, 2.24) is 0 Å². The second-order valence-electron chi connectivity index (χ2n) is 7.93. The van der Waals surface area contributed by atoms with Gasteiger partial charge in [-0.25, -0.2) is 0 Å². The van der Waals surface area contributed by atoms with Gasteiger partial charge in [0.15, 0.2) is 0 Å². The quantitative estimate of drug-likeness (QED) is 0.792. The summed E-state index contributed by atoms with van der Waals surface area (Å²) in [6, 6.07) is 3.82. The van der Waals surface area contributed by atoms with E-state index in [4.69, 9.17) is 0 Å². The molecule has 0 fully saturated rings. The molecule has 5 heteroatoms. The van der Waals surface area contributed by atoms with E-state index in [-0.39, 0.29) is 19.3 Å². The van der Waals surface area contributed by atoms with Crippen molar-refractivity contribution in [2.45, 2.75) is 49.6 Å². The van der Waals surface area contributed by atoms with Crippen molar-refractivity contribution < 1.29 is 49.3 Å². The SMILES string of the molecule is C[C](C)(C)[Zn][c]1c[c]([Zn][C](C)(C)C)c(O)c(C(=O)O)c1. The van der Waals surface area contributed by atoms with E-state index in [9.17, 15) is 15.0 Å². The van der Waals surface area contributed by atoms with Gasteiger partial charge in [-0.2, -0.15) is 0 Å². The number of aromatic hydroxyl groups is 1. The van der Waals surface area contributed by atoms with Crippen molar-refractivity contribution in [3.63, 3.8) is 0 Å². The van der Waals surface area contributed by atoms with Crippen LogP contribution in [0.3, 0.4) is 0 Å². The van der Waals surface area contributed by atoms with Crippen molar-refractivity contribution >= 4 is 14.3 Å². The maximum atomic E-state index is 11.3. The predicted octanol–water partition coefficient (Wildman–Crippen LogP) is 2.94. The molecule has 0 saturated carbocycles. The molecule has 0 aliphatic carbocycles. The summed E-state index contributed by atoms with van der Waals surface area (Å²) < 4.78 is 2.64. The van der Waals surface area contributed by atoms with Gasteiger partial charge in [0.1, 0.15) is 0 Å². The molecule has 0 radical (unpaired) electrons. The molecule has 20 heavy (non-hydrogen) atoms. The van der Waals surface area contributed by atoms with E-state index < -0.39 is 40.2 Å². The van der Waals surface area contributed by atoms with Crippen LogP contribution in [-0.4, -0.2) is 16.2 Å². The predicted molar refractivity (Wildman–Crippen MR) is 73.8 cm³/mol. The first-order valence-corrected chi connectivity index (χ1v) is 12.9. The molecule has 1 aromatic carbocycles. The normalized spacial score (nSPS) is 11.7. The Morgan fingerprint density at radius 2 is 1.50 bits per heavy atom. The van der Waals surface area contributed by atoms with Gasteiger partial charge in [-0.15, -0.1) is 0 Å². The molecule has 0 heterocycles. The molecule has 0 amide bonds. The van der Waals surface area contributed by atoms with Crippen molar-refractivity contribution in [2.24, 2.45) is 0 Å². The van der Waals surface area contributed by atoms with E-state index in [1.807, 2.05) is 0 Å². The second kappa shape index (κ2) is 6.24. The molecular formula is C15H22O3Zn2. The van der Waals surface area contributed by atoms with Crippen molar-refractivity contribution in [3.8, 4) is 5.75 Å². The number of aromatic carboxylic acids is 1. The molecule has 2 N–H and O–H groups in total. The molecule has 0 bridgehead atoms. The summed E-state index contributed by atoms with van der Waals surface area (Å²) in [7, 11) is 0. The van der Waals surface area contributed by atoms with Gasteiger partial charge in [0.05, 0.1) is 0 Å². The Morgan fingerprint density at radius 1 is 1.00 bits per heavy atom. The Morgan fingerprint density at radius 3 is 1.90 bits per heavy atom. The third-order valence-electron chi connectivity index (χ3n) is 2.93. The third-order valence-corrected chi connectivity index (χ3v) is 11.0. The molecule has 0 aromatic heterocycles. The fourth-order valence-electron chi connectivity index (χ4n) is 2.34. The van der Waals surface area contributed by atoms with Gasteiger partial charge in [0.2, 0.25) is 0 Å². The van der Waals surface area contributed by atoms with E-state index >= 15 is 0 Å². The zero-order chi connectivity index (χ0) is 15.7. The topological polar surface area (TPSA) is 57.5 Å². The summed E-state index contributed by atoms with van der Waals surface area (Å²) in [6.45, 7) is 13.2. The Hall–Kier alpha value is -0.263. The summed E-state index contributed by atoms with van der Waals surface area (Å²) in [6.07, 6.45) is 0. The number of carboxylic acid groups (broad SMARTS) is 1. The van der Waals surface area contributed by atoms with Gasteiger partial charge in [-0.05, 0) is 0 Å². The number of rotatable bonds is 3. The Kier molecular flexibility index (Phi) is 5.55. The van der Waals surface area contributed by atoms with Crippen molar-refractivity contribution in [3.05, 3.63) is 17.7 Å². The van der Waals surface area contributed by atoms with Crippen LogP contribution in [0, 0.1) is 0 Å². The summed E-state index contributed by atoms with van der Waals surface area (Å²) >= 11 is -2.24. The number of benzene rings is 1. The molecule has 1 aromatic rings. The summed E-state index contributed by atoms with van der Waals surface area (Å²) in [4.78, 5) is 11.3. The molecule has 3 nitrogen and oxygen atoms in total. The summed E-state index contributed by atoms with van der Waals surface area (Å²) in [5.74, 6) is -0.995. The number of hydrogen-bond donors (Lipinski definition) is 2. The average Bonchev–Trinajstić information content (AvgIpc) is 2.17.